The lowest BCUT2D eigenvalue weighted by Crippen LogP contribution is -2.55. The van der Waals surface area contributed by atoms with E-state index in [0.29, 0.717) is 10.6 Å². The summed E-state index contributed by atoms with van der Waals surface area (Å²) in [5.74, 6) is -0.915. The number of rotatable bonds is 12. The van der Waals surface area contributed by atoms with Crippen molar-refractivity contribution in [2.75, 3.05) is 10.8 Å². The molecule has 0 aromatic heterocycles. The number of hydrogen-bond donors (Lipinski definition) is 1. The Morgan fingerprint density at radius 3 is 2.15 bits per heavy atom. The maximum absolute atomic E-state index is 14.7. The van der Waals surface area contributed by atoms with Crippen molar-refractivity contribution < 1.29 is 18.0 Å². The predicted octanol–water partition coefficient (Wildman–Crippen LogP) is 8.24. The Balaban J connectivity index is 1.59. The molecule has 0 aliphatic heterocycles. The van der Waals surface area contributed by atoms with Crippen molar-refractivity contribution in [3.05, 3.63) is 129 Å². The Morgan fingerprint density at radius 1 is 0.812 bits per heavy atom. The highest BCUT2D eigenvalue weighted by atomic mass is 35.5. The van der Waals surface area contributed by atoms with Crippen LogP contribution < -0.4 is 9.62 Å². The average molecular weight is 727 g/mol. The second-order valence-corrected chi connectivity index (χ2v) is 15.1. The average Bonchev–Trinajstić information content (AvgIpc) is 3.08. The fourth-order valence-electron chi connectivity index (χ4n) is 5.94. The summed E-state index contributed by atoms with van der Waals surface area (Å²) < 4.78 is 29.5. The molecule has 48 heavy (non-hydrogen) atoms. The van der Waals surface area contributed by atoms with Crippen LogP contribution in [0.5, 0.6) is 0 Å². The van der Waals surface area contributed by atoms with Gasteiger partial charge in [0.05, 0.1) is 20.6 Å². The van der Waals surface area contributed by atoms with Gasteiger partial charge in [-0.2, -0.15) is 0 Å². The molecule has 1 atom stereocenters. The SMILES string of the molecule is Cc1ccc(S(=O)(=O)N(CC(=O)N(Cc2ccccc2Cl)C(Cc2ccccc2)C(=O)NC2CCCCC2)c2cccc(Cl)c2Cl)cc1. The smallest absolute Gasteiger partial charge is 0.264 e. The normalized spacial score (nSPS) is 14.2. The molecule has 0 bridgehead atoms. The van der Waals surface area contributed by atoms with Gasteiger partial charge in [-0.15, -0.1) is 0 Å². The molecule has 1 fully saturated rings. The first-order chi connectivity index (χ1) is 23.0. The van der Waals surface area contributed by atoms with E-state index < -0.39 is 28.5 Å². The van der Waals surface area contributed by atoms with Crippen LogP contribution in [0.15, 0.2) is 102 Å². The van der Waals surface area contributed by atoms with Gasteiger partial charge in [-0.1, -0.05) is 126 Å². The number of nitrogens with zero attached hydrogens (tertiary/aromatic N) is 2. The number of anilines is 1. The molecule has 2 amide bonds. The van der Waals surface area contributed by atoms with Crippen molar-refractivity contribution in [3.63, 3.8) is 0 Å². The van der Waals surface area contributed by atoms with Crippen LogP contribution in [0.1, 0.15) is 48.8 Å². The Hall–Kier alpha value is -3.56. The zero-order valence-corrected chi connectivity index (χ0v) is 29.7. The van der Waals surface area contributed by atoms with Gasteiger partial charge in [0.2, 0.25) is 11.8 Å². The maximum Gasteiger partial charge on any atom is 0.264 e. The minimum atomic E-state index is -4.33. The lowest BCUT2D eigenvalue weighted by atomic mass is 9.94. The number of nitrogens with one attached hydrogen (secondary N) is 1. The number of hydrogen-bond acceptors (Lipinski definition) is 4. The van der Waals surface area contributed by atoms with Crippen molar-refractivity contribution in [1.29, 1.82) is 0 Å². The number of carbonyl (C=O) groups excluding carboxylic acids is 2. The Kier molecular flexibility index (Phi) is 12.1. The van der Waals surface area contributed by atoms with Crippen molar-refractivity contribution in [2.24, 2.45) is 0 Å². The van der Waals surface area contributed by atoms with E-state index in [4.69, 9.17) is 34.8 Å². The van der Waals surface area contributed by atoms with Crippen LogP contribution >= 0.6 is 34.8 Å². The molecule has 4 aromatic carbocycles. The lowest BCUT2D eigenvalue weighted by Gasteiger charge is -2.35. The summed E-state index contributed by atoms with van der Waals surface area (Å²) >= 11 is 19.6. The zero-order chi connectivity index (χ0) is 34.3. The van der Waals surface area contributed by atoms with Crippen molar-refractivity contribution >= 4 is 62.3 Å². The number of halogens is 3. The van der Waals surface area contributed by atoms with Crippen LogP contribution in [0.3, 0.4) is 0 Å². The lowest BCUT2D eigenvalue weighted by molar-refractivity contribution is -0.140. The third-order valence-electron chi connectivity index (χ3n) is 8.61. The molecule has 1 unspecified atom stereocenters. The van der Waals surface area contributed by atoms with E-state index in [9.17, 15) is 18.0 Å². The van der Waals surface area contributed by atoms with Crippen molar-refractivity contribution in [2.45, 2.75) is 69.0 Å². The first-order valence-electron chi connectivity index (χ1n) is 15.9. The summed E-state index contributed by atoms with van der Waals surface area (Å²) in [6.45, 7) is 1.17. The molecular weight excluding hydrogens is 689 g/mol. The van der Waals surface area contributed by atoms with Crippen LogP contribution in [-0.2, 0) is 32.6 Å². The summed E-state index contributed by atoms with van der Waals surface area (Å²) in [5.41, 5.74) is 2.38. The van der Waals surface area contributed by atoms with Crippen LogP contribution in [0.2, 0.25) is 15.1 Å². The van der Waals surface area contributed by atoms with E-state index in [-0.39, 0.29) is 45.5 Å². The van der Waals surface area contributed by atoms with Gasteiger partial charge < -0.3 is 10.2 Å². The number of carbonyl (C=O) groups is 2. The van der Waals surface area contributed by atoms with E-state index in [1.807, 2.05) is 37.3 Å². The molecule has 0 radical (unpaired) electrons. The molecule has 1 saturated carbocycles. The summed E-state index contributed by atoms with van der Waals surface area (Å²) in [5, 5.41) is 3.74. The second kappa shape index (κ2) is 16.2. The molecule has 7 nitrogen and oxygen atoms in total. The highest BCUT2D eigenvalue weighted by molar-refractivity contribution is 7.92. The molecule has 11 heteroatoms. The van der Waals surface area contributed by atoms with E-state index in [2.05, 4.69) is 5.32 Å². The van der Waals surface area contributed by atoms with Gasteiger partial charge in [-0.05, 0) is 61.2 Å². The molecule has 5 rings (SSSR count). The topological polar surface area (TPSA) is 86.8 Å². The largest absolute Gasteiger partial charge is 0.352 e. The first kappa shape index (κ1) is 35.7. The van der Waals surface area contributed by atoms with Crippen LogP contribution in [0.4, 0.5) is 5.69 Å². The Bertz CT molecular complexity index is 1830. The maximum atomic E-state index is 14.7. The highest BCUT2D eigenvalue weighted by Crippen LogP contribution is 2.36. The minimum Gasteiger partial charge on any atom is -0.352 e. The van der Waals surface area contributed by atoms with Gasteiger partial charge in [-0.25, -0.2) is 8.42 Å². The summed E-state index contributed by atoms with van der Waals surface area (Å²) in [4.78, 5) is 30.4. The summed E-state index contributed by atoms with van der Waals surface area (Å²) in [6, 6.07) is 26.5. The molecule has 1 aliphatic carbocycles. The first-order valence-corrected chi connectivity index (χ1v) is 18.5. The van der Waals surface area contributed by atoms with Gasteiger partial charge in [0, 0.05) is 24.0 Å². The van der Waals surface area contributed by atoms with Crippen LogP contribution in [0.25, 0.3) is 0 Å². The monoisotopic (exact) mass is 725 g/mol. The van der Waals surface area contributed by atoms with Crippen LogP contribution in [0, 0.1) is 6.92 Å². The molecule has 4 aromatic rings. The number of benzene rings is 4. The third-order valence-corrected chi connectivity index (χ3v) is 11.6. The molecule has 1 aliphatic rings. The van der Waals surface area contributed by atoms with Gasteiger partial charge in [-0.3, -0.25) is 13.9 Å². The number of amides is 2. The standard InChI is InChI=1S/C37H38Cl3N3O4S/c1-26-19-21-30(22-20-26)48(46,47)43(33-18-10-17-32(39)36(33)40)25-35(44)42(24-28-13-8-9-16-31(28)38)34(23-27-11-4-2-5-12-27)37(45)41-29-14-6-3-7-15-29/h2,4-5,8-13,16-22,29,34H,3,6-7,14-15,23-25H2,1H3,(H,41,45). The minimum absolute atomic E-state index is 0.00882. The van der Waals surface area contributed by atoms with Crippen LogP contribution in [-0.4, -0.2) is 43.8 Å². The molecule has 252 valence electrons. The zero-order valence-electron chi connectivity index (χ0n) is 26.6. The van der Waals surface area contributed by atoms with Crippen molar-refractivity contribution in [1.82, 2.24) is 10.2 Å². The quantitative estimate of drug-likeness (QED) is 0.159. The van der Waals surface area contributed by atoms with Gasteiger partial charge in [0.15, 0.2) is 0 Å². The van der Waals surface area contributed by atoms with E-state index >= 15 is 0 Å². The van der Waals surface area contributed by atoms with E-state index in [1.165, 1.54) is 23.1 Å². The third kappa shape index (κ3) is 8.72. The second-order valence-electron chi connectivity index (χ2n) is 12.1. The fourth-order valence-corrected chi connectivity index (χ4v) is 8.01. The van der Waals surface area contributed by atoms with Gasteiger partial charge >= 0.3 is 0 Å². The van der Waals surface area contributed by atoms with E-state index in [0.717, 1.165) is 47.5 Å². The molecule has 0 saturated heterocycles. The summed E-state index contributed by atoms with van der Waals surface area (Å²) in [7, 11) is -4.33. The summed E-state index contributed by atoms with van der Waals surface area (Å²) in [6.07, 6.45) is 5.08. The predicted molar refractivity (Wildman–Crippen MR) is 193 cm³/mol. The fraction of sp³-hybridized carbons (Fsp3) is 0.297. The van der Waals surface area contributed by atoms with Crippen molar-refractivity contribution in [3.8, 4) is 0 Å². The van der Waals surface area contributed by atoms with Gasteiger partial charge in [0.25, 0.3) is 10.0 Å². The number of aryl methyl sites for hydroxylation is 1. The van der Waals surface area contributed by atoms with Gasteiger partial charge in [0.1, 0.15) is 12.6 Å². The molecule has 1 N–H and O–H groups in total. The number of sulfonamides is 1. The molecule has 0 spiro atoms. The Labute approximate surface area is 297 Å². The molecule has 0 heterocycles. The Morgan fingerprint density at radius 2 is 1.46 bits per heavy atom. The van der Waals surface area contributed by atoms with E-state index in [1.54, 1.807) is 48.5 Å². The highest BCUT2D eigenvalue weighted by Gasteiger charge is 2.36. The molecular formula is C37H38Cl3N3O4S.